The smallest absolute Gasteiger partial charge is 0.241 e. The van der Waals surface area contributed by atoms with Crippen molar-refractivity contribution >= 4 is 22.9 Å². The molecule has 2 aliphatic heterocycles. The lowest BCUT2D eigenvalue weighted by Crippen LogP contribution is -2.44. The molecule has 0 aliphatic carbocycles. The van der Waals surface area contributed by atoms with E-state index in [2.05, 4.69) is 9.88 Å². The number of methoxy groups -OCH3 is 1. The van der Waals surface area contributed by atoms with E-state index < -0.39 is 0 Å². The van der Waals surface area contributed by atoms with Crippen molar-refractivity contribution in [2.45, 2.75) is 32.4 Å². The average molecular weight is 372 g/mol. The number of anilines is 1. The van der Waals surface area contributed by atoms with Crippen molar-refractivity contribution < 1.29 is 9.53 Å². The standard InChI is InChI=1S/C19H24N4O2S/c1-25-14-4-5-16-13(9-14)3-2-7-23(16)19(24)12-22-8-6-17-15(11-22)21-18(10-20)26-17/h4-5,9H,2-3,6-8,10-12,20H2,1H3. The normalized spacial score (nSPS) is 16.9. The maximum atomic E-state index is 13.0. The molecule has 0 saturated heterocycles. The highest BCUT2D eigenvalue weighted by molar-refractivity contribution is 7.11. The van der Waals surface area contributed by atoms with Gasteiger partial charge in [-0.25, -0.2) is 4.98 Å². The van der Waals surface area contributed by atoms with Crippen LogP contribution >= 0.6 is 11.3 Å². The van der Waals surface area contributed by atoms with Crippen molar-refractivity contribution in [2.24, 2.45) is 5.73 Å². The van der Waals surface area contributed by atoms with E-state index in [9.17, 15) is 4.79 Å². The van der Waals surface area contributed by atoms with Crippen LogP contribution in [0.4, 0.5) is 5.69 Å². The minimum absolute atomic E-state index is 0.161. The summed E-state index contributed by atoms with van der Waals surface area (Å²) in [4.78, 5) is 23.0. The van der Waals surface area contributed by atoms with Gasteiger partial charge in [-0.15, -0.1) is 11.3 Å². The minimum atomic E-state index is 0.161. The minimum Gasteiger partial charge on any atom is -0.497 e. The Morgan fingerprint density at radius 3 is 3.04 bits per heavy atom. The summed E-state index contributed by atoms with van der Waals surface area (Å²) in [5, 5.41) is 0.988. The van der Waals surface area contributed by atoms with Crippen molar-refractivity contribution in [3.8, 4) is 5.75 Å². The van der Waals surface area contributed by atoms with Crippen molar-refractivity contribution in [1.29, 1.82) is 0 Å². The summed E-state index contributed by atoms with van der Waals surface area (Å²) in [6.45, 7) is 3.34. The van der Waals surface area contributed by atoms with Gasteiger partial charge in [-0.05, 0) is 43.0 Å². The molecule has 1 aromatic heterocycles. The molecule has 7 heteroatoms. The molecule has 0 saturated carbocycles. The first-order chi connectivity index (χ1) is 12.7. The van der Waals surface area contributed by atoms with Gasteiger partial charge in [0.15, 0.2) is 0 Å². The number of carbonyl (C=O) groups excluding carboxylic acids is 1. The monoisotopic (exact) mass is 372 g/mol. The number of aromatic nitrogens is 1. The second kappa shape index (κ2) is 7.34. The number of hydrogen-bond acceptors (Lipinski definition) is 6. The van der Waals surface area contributed by atoms with Crippen LogP contribution in [0.1, 0.15) is 27.6 Å². The van der Waals surface area contributed by atoms with E-state index in [4.69, 9.17) is 10.5 Å². The quantitative estimate of drug-likeness (QED) is 0.888. The van der Waals surface area contributed by atoms with Crippen molar-refractivity contribution in [3.05, 3.63) is 39.3 Å². The summed E-state index contributed by atoms with van der Waals surface area (Å²) in [7, 11) is 1.67. The zero-order valence-electron chi connectivity index (χ0n) is 15.0. The molecule has 6 nitrogen and oxygen atoms in total. The first-order valence-electron chi connectivity index (χ1n) is 9.05. The lowest BCUT2D eigenvalue weighted by atomic mass is 10.0. The third kappa shape index (κ3) is 3.34. The molecule has 4 rings (SSSR count). The molecule has 1 aromatic carbocycles. The number of carbonyl (C=O) groups is 1. The Hall–Kier alpha value is -1.96. The van der Waals surface area contributed by atoms with E-state index >= 15 is 0 Å². The molecular formula is C19H24N4O2S. The van der Waals surface area contributed by atoms with E-state index in [1.165, 1.54) is 10.4 Å². The van der Waals surface area contributed by atoms with E-state index in [-0.39, 0.29) is 5.91 Å². The van der Waals surface area contributed by atoms with E-state index in [0.717, 1.165) is 61.0 Å². The SMILES string of the molecule is COc1ccc2c(c1)CCCN2C(=O)CN1CCc2sc(CN)nc2C1. The zero-order chi connectivity index (χ0) is 18.1. The van der Waals surface area contributed by atoms with Gasteiger partial charge in [-0.1, -0.05) is 0 Å². The zero-order valence-corrected chi connectivity index (χ0v) is 15.8. The largest absolute Gasteiger partial charge is 0.497 e. The predicted octanol–water partition coefficient (Wildman–Crippen LogP) is 1.95. The highest BCUT2D eigenvalue weighted by atomic mass is 32.1. The molecule has 0 bridgehead atoms. The molecule has 0 atom stereocenters. The molecule has 138 valence electrons. The molecule has 1 amide bonds. The first-order valence-corrected chi connectivity index (χ1v) is 9.86. The predicted molar refractivity (Wildman–Crippen MR) is 103 cm³/mol. The third-order valence-electron chi connectivity index (χ3n) is 5.09. The second-order valence-electron chi connectivity index (χ2n) is 6.79. The summed E-state index contributed by atoms with van der Waals surface area (Å²) in [6, 6.07) is 5.99. The van der Waals surface area contributed by atoms with Gasteiger partial charge in [-0.3, -0.25) is 9.69 Å². The van der Waals surface area contributed by atoms with E-state index in [1.807, 2.05) is 23.1 Å². The van der Waals surface area contributed by atoms with Gasteiger partial charge in [0.25, 0.3) is 0 Å². The average Bonchev–Trinajstić information content (AvgIpc) is 3.09. The van der Waals surface area contributed by atoms with Crippen LogP contribution in [-0.2, 0) is 30.7 Å². The van der Waals surface area contributed by atoms with Gasteiger partial charge in [0, 0.05) is 36.7 Å². The number of fused-ring (bicyclic) bond motifs is 2. The lowest BCUT2D eigenvalue weighted by molar-refractivity contribution is -0.120. The van der Waals surface area contributed by atoms with Gasteiger partial charge in [0.1, 0.15) is 10.8 Å². The van der Waals surface area contributed by atoms with E-state index in [0.29, 0.717) is 13.1 Å². The number of benzene rings is 1. The van der Waals surface area contributed by atoms with Gasteiger partial charge >= 0.3 is 0 Å². The molecule has 0 spiro atoms. The van der Waals surface area contributed by atoms with E-state index in [1.54, 1.807) is 18.4 Å². The number of rotatable bonds is 4. The van der Waals surface area contributed by atoms with Crippen LogP contribution in [0.15, 0.2) is 18.2 Å². The Morgan fingerprint density at radius 1 is 1.35 bits per heavy atom. The fourth-order valence-corrected chi connectivity index (χ4v) is 4.71. The number of thiazole rings is 1. The van der Waals surface area contributed by atoms with Crippen molar-refractivity contribution in [1.82, 2.24) is 9.88 Å². The van der Waals surface area contributed by atoms with Crippen LogP contribution in [0.5, 0.6) is 5.75 Å². The summed E-state index contributed by atoms with van der Waals surface area (Å²) in [5.74, 6) is 1.01. The molecule has 3 heterocycles. The van der Waals surface area contributed by atoms with Crippen LogP contribution in [0, 0.1) is 0 Å². The molecule has 0 radical (unpaired) electrons. The summed E-state index contributed by atoms with van der Waals surface area (Å²) < 4.78 is 5.32. The van der Waals surface area contributed by atoms with Gasteiger partial charge in [0.05, 0.1) is 19.3 Å². The first kappa shape index (κ1) is 17.5. The highest BCUT2D eigenvalue weighted by Gasteiger charge is 2.27. The Morgan fingerprint density at radius 2 is 2.23 bits per heavy atom. The molecule has 2 aliphatic rings. The molecule has 2 aromatic rings. The molecule has 0 unspecified atom stereocenters. The van der Waals surface area contributed by atoms with Crippen LogP contribution in [0.3, 0.4) is 0 Å². The second-order valence-corrected chi connectivity index (χ2v) is 7.95. The van der Waals surface area contributed by atoms with Gasteiger partial charge < -0.3 is 15.4 Å². The van der Waals surface area contributed by atoms with Gasteiger partial charge in [0.2, 0.25) is 5.91 Å². The number of hydrogen-bond donors (Lipinski definition) is 1. The number of nitrogens with two attached hydrogens (primary N) is 1. The lowest BCUT2D eigenvalue weighted by Gasteiger charge is -2.32. The molecule has 2 N–H and O–H groups in total. The number of aryl methyl sites for hydroxylation is 1. The van der Waals surface area contributed by atoms with Gasteiger partial charge in [-0.2, -0.15) is 0 Å². The topological polar surface area (TPSA) is 71.7 Å². The molecule has 26 heavy (non-hydrogen) atoms. The Kier molecular flexibility index (Phi) is 4.93. The summed E-state index contributed by atoms with van der Waals surface area (Å²) in [6.07, 6.45) is 2.93. The molecular weight excluding hydrogens is 348 g/mol. The highest BCUT2D eigenvalue weighted by Crippen LogP contribution is 2.31. The third-order valence-corrected chi connectivity index (χ3v) is 6.27. The van der Waals surface area contributed by atoms with Crippen LogP contribution in [-0.4, -0.2) is 42.5 Å². The maximum Gasteiger partial charge on any atom is 0.241 e. The summed E-state index contributed by atoms with van der Waals surface area (Å²) in [5.41, 5.74) is 9.02. The molecule has 0 fully saturated rings. The van der Waals surface area contributed by atoms with Crippen LogP contribution < -0.4 is 15.4 Å². The van der Waals surface area contributed by atoms with Crippen molar-refractivity contribution in [2.75, 3.05) is 31.6 Å². The Balaban J connectivity index is 1.46. The Labute approximate surface area is 157 Å². The fourth-order valence-electron chi connectivity index (χ4n) is 3.76. The maximum absolute atomic E-state index is 13.0. The fraction of sp³-hybridized carbons (Fsp3) is 0.474. The van der Waals surface area contributed by atoms with Crippen LogP contribution in [0.25, 0.3) is 0 Å². The number of nitrogens with zero attached hydrogens (tertiary/aromatic N) is 3. The summed E-state index contributed by atoms with van der Waals surface area (Å²) >= 11 is 1.71. The van der Waals surface area contributed by atoms with Crippen molar-refractivity contribution in [3.63, 3.8) is 0 Å². The number of amides is 1. The van der Waals surface area contributed by atoms with Crippen LogP contribution in [0.2, 0.25) is 0 Å². The Bertz CT molecular complexity index is 820. The number of ether oxygens (including phenoxy) is 1.